The van der Waals surface area contributed by atoms with E-state index >= 15 is 0 Å². The molecule has 2 heterocycles. The van der Waals surface area contributed by atoms with Gasteiger partial charge in [-0.3, -0.25) is 4.79 Å². The number of hydrogen-bond acceptors (Lipinski definition) is 3. The summed E-state index contributed by atoms with van der Waals surface area (Å²) < 4.78 is 1.62. The van der Waals surface area contributed by atoms with Gasteiger partial charge in [-0.2, -0.15) is 5.10 Å². The lowest BCUT2D eigenvalue weighted by Gasteiger charge is -2.10. The normalized spacial score (nSPS) is 11.0. The van der Waals surface area contributed by atoms with Crippen molar-refractivity contribution in [1.29, 1.82) is 0 Å². The van der Waals surface area contributed by atoms with Crippen molar-refractivity contribution in [2.45, 2.75) is 0 Å². The van der Waals surface area contributed by atoms with Crippen molar-refractivity contribution in [3.8, 4) is 16.3 Å². The van der Waals surface area contributed by atoms with Gasteiger partial charge in [0, 0.05) is 0 Å². The Bertz CT molecular complexity index is 858. The Hall–Kier alpha value is -2.15. The number of thiophene rings is 1. The molecule has 0 saturated heterocycles. The zero-order chi connectivity index (χ0) is 17.8. The van der Waals surface area contributed by atoms with Gasteiger partial charge in [0.1, 0.15) is 11.4 Å². The second kappa shape index (κ2) is 7.82. The Balaban J connectivity index is 1.97. The molecular weight excluding hydrogens is 356 g/mol. The fourth-order valence-corrected chi connectivity index (χ4v) is 3.31. The van der Waals surface area contributed by atoms with E-state index in [1.165, 1.54) is 4.90 Å². The van der Waals surface area contributed by atoms with E-state index in [2.05, 4.69) is 24.5 Å². The molecule has 0 aliphatic heterocycles. The first-order valence-electron chi connectivity index (χ1n) is 8.02. The highest BCUT2D eigenvalue weighted by molar-refractivity contribution is 7.13. The molecule has 0 aliphatic rings. The average molecular weight is 376 g/mol. The molecule has 0 aliphatic carbocycles. The third kappa shape index (κ3) is 4.10. The van der Waals surface area contributed by atoms with Crippen molar-refractivity contribution < 1.29 is 9.69 Å². The van der Waals surface area contributed by atoms with Gasteiger partial charge in [-0.25, -0.2) is 4.68 Å². The number of rotatable bonds is 6. The lowest BCUT2D eigenvalue weighted by Crippen LogP contribution is -3.06. The maximum atomic E-state index is 12.7. The average Bonchev–Trinajstić information content (AvgIpc) is 3.24. The van der Waals surface area contributed by atoms with Gasteiger partial charge in [0.15, 0.2) is 0 Å². The van der Waals surface area contributed by atoms with Crippen molar-refractivity contribution in [3.63, 3.8) is 0 Å². The highest BCUT2D eigenvalue weighted by Gasteiger charge is 2.19. The van der Waals surface area contributed by atoms with Crippen molar-refractivity contribution >= 4 is 28.8 Å². The van der Waals surface area contributed by atoms with Gasteiger partial charge >= 0.3 is 0 Å². The van der Waals surface area contributed by atoms with Crippen LogP contribution in [0.2, 0.25) is 5.02 Å². The molecule has 5 nitrogen and oxygen atoms in total. The Kier molecular flexibility index (Phi) is 5.53. The number of halogens is 1. The maximum absolute atomic E-state index is 12.7. The van der Waals surface area contributed by atoms with E-state index in [0.29, 0.717) is 22.9 Å². The summed E-state index contributed by atoms with van der Waals surface area (Å²) in [4.78, 5) is 15.0. The molecule has 25 heavy (non-hydrogen) atoms. The van der Waals surface area contributed by atoms with E-state index in [0.717, 1.165) is 17.1 Å². The summed E-state index contributed by atoms with van der Waals surface area (Å²) in [6.07, 6.45) is 0. The molecule has 0 radical (unpaired) electrons. The Labute approximate surface area is 155 Å². The summed E-state index contributed by atoms with van der Waals surface area (Å²) in [6, 6.07) is 13.1. The minimum atomic E-state index is -0.156. The number of likely N-dealkylation sites (N-methyl/N-ethyl adjacent to an activating group) is 1. The highest BCUT2D eigenvalue weighted by Crippen LogP contribution is 2.27. The van der Waals surface area contributed by atoms with Gasteiger partial charge in [-0.1, -0.05) is 29.8 Å². The first-order chi connectivity index (χ1) is 12.1. The van der Waals surface area contributed by atoms with Crippen LogP contribution in [0.3, 0.4) is 0 Å². The summed E-state index contributed by atoms with van der Waals surface area (Å²) in [5.41, 5.74) is 1.93. The van der Waals surface area contributed by atoms with Crippen LogP contribution in [-0.2, 0) is 0 Å². The molecule has 0 saturated carbocycles. The minimum absolute atomic E-state index is 0.156. The first-order valence-corrected chi connectivity index (χ1v) is 9.28. The molecule has 0 atom stereocenters. The predicted octanol–water partition coefficient (Wildman–Crippen LogP) is 2.13. The van der Waals surface area contributed by atoms with Crippen molar-refractivity contribution in [2.24, 2.45) is 0 Å². The number of benzene rings is 1. The summed E-state index contributed by atoms with van der Waals surface area (Å²) in [5, 5.41) is 10.1. The van der Waals surface area contributed by atoms with E-state index in [1.807, 2.05) is 41.8 Å². The van der Waals surface area contributed by atoms with E-state index in [-0.39, 0.29) is 5.91 Å². The van der Waals surface area contributed by atoms with Crippen LogP contribution < -0.4 is 10.2 Å². The van der Waals surface area contributed by atoms with Gasteiger partial charge in [0.25, 0.3) is 5.91 Å². The SMILES string of the molecule is C[NH+](C)CCNC(=O)c1cc(-c2cccs2)nn1-c1ccccc1Cl. The molecule has 130 valence electrons. The van der Waals surface area contributed by atoms with Crippen LogP contribution in [0.1, 0.15) is 10.5 Å². The highest BCUT2D eigenvalue weighted by atomic mass is 35.5. The van der Waals surface area contributed by atoms with Gasteiger partial charge in [-0.05, 0) is 29.6 Å². The quantitative estimate of drug-likeness (QED) is 0.693. The molecule has 1 amide bonds. The van der Waals surface area contributed by atoms with Gasteiger partial charge in [0.05, 0.1) is 42.8 Å². The second-order valence-electron chi connectivity index (χ2n) is 5.97. The van der Waals surface area contributed by atoms with Crippen LogP contribution in [-0.4, -0.2) is 42.9 Å². The molecule has 3 aromatic rings. The third-order valence-corrected chi connectivity index (χ3v) is 4.92. The zero-order valence-corrected chi connectivity index (χ0v) is 15.7. The van der Waals surface area contributed by atoms with Crippen molar-refractivity contribution in [3.05, 3.63) is 58.6 Å². The molecule has 0 fully saturated rings. The number of para-hydroxylation sites is 1. The fraction of sp³-hybridized carbons (Fsp3) is 0.222. The number of nitrogens with zero attached hydrogens (tertiary/aromatic N) is 2. The van der Waals surface area contributed by atoms with Crippen LogP contribution in [0.4, 0.5) is 0 Å². The van der Waals surface area contributed by atoms with E-state index in [4.69, 9.17) is 11.6 Å². The smallest absolute Gasteiger partial charge is 0.270 e. The first kappa shape index (κ1) is 17.7. The Morgan fingerprint density at radius 2 is 2.08 bits per heavy atom. The van der Waals surface area contributed by atoms with Gasteiger partial charge < -0.3 is 10.2 Å². The summed E-state index contributed by atoms with van der Waals surface area (Å²) in [7, 11) is 4.10. The number of carbonyl (C=O) groups excluding carboxylic acids is 1. The van der Waals surface area contributed by atoms with E-state index in [1.54, 1.807) is 22.1 Å². The molecule has 2 N–H and O–H groups in total. The van der Waals surface area contributed by atoms with Crippen LogP contribution in [0.25, 0.3) is 16.3 Å². The molecule has 7 heteroatoms. The topological polar surface area (TPSA) is 51.4 Å². The summed E-state index contributed by atoms with van der Waals surface area (Å²) >= 11 is 7.91. The molecule has 1 aromatic carbocycles. The van der Waals surface area contributed by atoms with E-state index in [9.17, 15) is 4.79 Å². The summed E-state index contributed by atoms with van der Waals surface area (Å²) in [5.74, 6) is -0.156. The maximum Gasteiger partial charge on any atom is 0.270 e. The van der Waals surface area contributed by atoms with Crippen molar-refractivity contribution in [2.75, 3.05) is 27.2 Å². The number of quaternary nitrogens is 1. The number of carbonyl (C=O) groups is 1. The molecule has 0 unspecified atom stereocenters. The molecule has 0 bridgehead atoms. The van der Waals surface area contributed by atoms with Gasteiger partial charge in [-0.15, -0.1) is 11.3 Å². The van der Waals surface area contributed by atoms with Crippen molar-refractivity contribution in [1.82, 2.24) is 15.1 Å². The zero-order valence-electron chi connectivity index (χ0n) is 14.1. The molecule has 3 rings (SSSR count). The predicted molar refractivity (Wildman–Crippen MR) is 102 cm³/mol. The fourth-order valence-electron chi connectivity index (χ4n) is 2.41. The lowest BCUT2D eigenvalue weighted by atomic mass is 10.2. The van der Waals surface area contributed by atoms with Crippen LogP contribution in [0, 0.1) is 0 Å². The Morgan fingerprint density at radius 3 is 2.76 bits per heavy atom. The van der Waals surface area contributed by atoms with Crippen LogP contribution in [0.15, 0.2) is 47.8 Å². The number of hydrogen-bond donors (Lipinski definition) is 2. The third-order valence-electron chi connectivity index (χ3n) is 3.71. The monoisotopic (exact) mass is 375 g/mol. The van der Waals surface area contributed by atoms with E-state index < -0.39 is 0 Å². The standard InChI is InChI=1S/C18H19ClN4OS/c1-22(2)10-9-20-18(24)16-12-14(17-8-5-11-25-17)21-23(16)15-7-4-3-6-13(15)19/h3-8,11-12H,9-10H2,1-2H3,(H,20,24)/p+1. The number of nitrogens with one attached hydrogen (secondary N) is 2. The number of aromatic nitrogens is 2. The van der Waals surface area contributed by atoms with Crippen LogP contribution >= 0.6 is 22.9 Å². The number of amides is 1. The van der Waals surface area contributed by atoms with Crippen LogP contribution in [0.5, 0.6) is 0 Å². The minimum Gasteiger partial charge on any atom is -0.345 e. The largest absolute Gasteiger partial charge is 0.345 e. The molecule has 0 spiro atoms. The summed E-state index contributed by atoms with van der Waals surface area (Å²) in [6.45, 7) is 1.45. The molecule has 2 aromatic heterocycles. The molecular formula is C18H20ClN4OS+. The second-order valence-corrected chi connectivity index (χ2v) is 7.32. The Morgan fingerprint density at radius 1 is 1.28 bits per heavy atom. The lowest BCUT2D eigenvalue weighted by molar-refractivity contribution is -0.856. The van der Waals surface area contributed by atoms with Gasteiger partial charge in [0.2, 0.25) is 0 Å².